The van der Waals surface area contributed by atoms with E-state index in [9.17, 15) is 4.79 Å². The summed E-state index contributed by atoms with van der Waals surface area (Å²) in [6.45, 7) is 3.95. The van der Waals surface area contributed by atoms with Crippen molar-refractivity contribution in [3.8, 4) is 0 Å². The summed E-state index contributed by atoms with van der Waals surface area (Å²) in [6.07, 6.45) is 2.48. The molecular weight excluding hydrogens is 334 g/mol. The first-order chi connectivity index (χ1) is 12.1. The number of halogens is 1. The Bertz CT molecular complexity index is 894. The van der Waals surface area contributed by atoms with Crippen LogP contribution in [0.15, 0.2) is 60.8 Å². The van der Waals surface area contributed by atoms with Crippen molar-refractivity contribution in [3.05, 3.63) is 76.9 Å². The average molecular weight is 352 g/mol. The fourth-order valence-electron chi connectivity index (χ4n) is 2.60. The third-order valence-electron chi connectivity index (χ3n) is 3.96. The van der Waals surface area contributed by atoms with Crippen LogP contribution in [0.2, 0.25) is 5.02 Å². The highest BCUT2D eigenvalue weighted by atomic mass is 35.5. The molecule has 1 amide bonds. The van der Waals surface area contributed by atoms with Crippen LogP contribution in [0.1, 0.15) is 11.1 Å². The van der Waals surface area contributed by atoms with E-state index in [2.05, 4.69) is 10.3 Å². The first-order valence-electron chi connectivity index (χ1n) is 7.88. The zero-order valence-corrected chi connectivity index (χ0v) is 14.8. The molecule has 1 aromatic heterocycles. The summed E-state index contributed by atoms with van der Waals surface area (Å²) in [7, 11) is 0. The molecule has 1 heterocycles. The number of amides is 1. The molecule has 0 spiro atoms. The Labute approximate surface area is 152 Å². The van der Waals surface area contributed by atoms with Gasteiger partial charge in [0, 0.05) is 10.7 Å². The van der Waals surface area contributed by atoms with E-state index in [1.165, 1.54) is 0 Å². The Hall–Kier alpha value is -2.85. The van der Waals surface area contributed by atoms with Crippen LogP contribution >= 0.6 is 11.6 Å². The van der Waals surface area contributed by atoms with Crippen LogP contribution in [0.3, 0.4) is 0 Å². The Kier molecular flexibility index (Phi) is 5.00. The van der Waals surface area contributed by atoms with Crippen molar-refractivity contribution < 1.29 is 4.79 Å². The molecule has 1 N–H and O–H groups in total. The van der Waals surface area contributed by atoms with Gasteiger partial charge in [-0.3, -0.25) is 9.69 Å². The van der Waals surface area contributed by atoms with Crippen molar-refractivity contribution in [2.75, 3.05) is 10.2 Å². The molecule has 126 valence electrons. The summed E-state index contributed by atoms with van der Waals surface area (Å²) in [5, 5.41) is 3.96. The van der Waals surface area contributed by atoms with E-state index in [0.717, 1.165) is 28.9 Å². The lowest BCUT2D eigenvalue weighted by Crippen LogP contribution is -2.15. The Morgan fingerprint density at radius 1 is 1.04 bits per heavy atom. The van der Waals surface area contributed by atoms with Gasteiger partial charge in [0.1, 0.15) is 5.82 Å². The number of anilines is 4. The minimum atomic E-state index is 0.699. The lowest BCUT2D eigenvalue weighted by molar-refractivity contribution is -0.106. The topological polar surface area (TPSA) is 45.2 Å². The second-order valence-corrected chi connectivity index (χ2v) is 6.18. The van der Waals surface area contributed by atoms with E-state index in [0.29, 0.717) is 16.5 Å². The highest BCUT2D eigenvalue weighted by molar-refractivity contribution is 6.30. The molecule has 0 bridgehead atoms. The number of pyridine rings is 1. The molecule has 4 nitrogen and oxygen atoms in total. The second kappa shape index (κ2) is 7.36. The van der Waals surface area contributed by atoms with Gasteiger partial charge >= 0.3 is 0 Å². The summed E-state index contributed by atoms with van der Waals surface area (Å²) >= 11 is 5.98. The number of nitrogens with zero attached hydrogens (tertiary/aromatic N) is 2. The fraction of sp³-hybridized carbons (Fsp3) is 0.100. The van der Waals surface area contributed by atoms with Gasteiger partial charge in [0.2, 0.25) is 6.41 Å². The molecule has 0 aliphatic heterocycles. The Morgan fingerprint density at radius 3 is 2.48 bits per heavy atom. The maximum absolute atomic E-state index is 11.6. The average Bonchev–Trinajstić information content (AvgIpc) is 2.61. The van der Waals surface area contributed by atoms with Gasteiger partial charge in [-0.05, 0) is 61.4 Å². The summed E-state index contributed by atoms with van der Waals surface area (Å²) in [6, 6.07) is 17.1. The van der Waals surface area contributed by atoms with Crippen LogP contribution in [-0.2, 0) is 4.79 Å². The molecular formula is C20H18ClN3O. The van der Waals surface area contributed by atoms with E-state index in [1.54, 1.807) is 11.1 Å². The number of nitrogens with one attached hydrogen (secondary N) is 1. The predicted octanol–water partition coefficient (Wildman–Crippen LogP) is 5.39. The molecule has 0 saturated heterocycles. The van der Waals surface area contributed by atoms with Crippen LogP contribution in [0.5, 0.6) is 0 Å². The molecule has 0 aliphatic rings. The zero-order chi connectivity index (χ0) is 17.8. The molecule has 0 saturated carbocycles. The van der Waals surface area contributed by atoms with Crippen molar-refractivity contribution in [1.82, 2.24) is 4.98 Å². The molecule has 3 aromatic rings. The van der Waals surface area contributed by atoms with Crippen molar-refractivity contribution in [2.24, 2.45) is 0 Å². The Morgan fingerprint density at radius 2 is 1.84 bits per heavy atom. The van der Waals surface area contributed by atoms with Crippen LogP contribution in [0.4, 0.5) is 22.9 Å². The first kappa shape index (κ1) is 17.0. The van der Waals surface area contributed by atoms with Crippen molar-refractivity contribution in [3.63, 3.8) is 0 Å². The van der Waals surface area contributed by atoms with Crippen molar-refractivity contribution >= 4 is 40.9 Å². The first-order valence-corrected chi connectivity index (χ1v) is 8.25. The number of para-hydroxylation sites is 1. The minimum absolute atomic E-state index is 0.699. The monoisotopic (exact) mass is 351 g/mol. The summed E-state index contributed by atoms with van der Waals surface area (Å²) in [4.78, 5) is 17.6. The number of aromatic nitrogens is 1. The van der Waals surface area contributed by atoms with E-state index < -0.39 is 0 Å². The number of benzene rings is 2. The summed E-state index contributed by atoms with van der Waals surface area (Å²) < 4.78 is 0. The van der Waals surface area contributed by atoms with E-state index in [1.807, 2.05) is 68.4 Å². The molecule has 5 heteroatoms. The highest BCUT2D eigenvalue weighted by Gasteiger charge is 2.11. The van der Waals surface area contributed by atoms with E-state index in [-0.39, 0.29) is 0 Å². The standard InChI is InChI=1S/C20H18ClN3O/c1-14-5-3-4-6-19(14)24(13-25)17-8-10-20(22-12-17)23-18-9-7-16(21)11-15(18)2/h3-13H,1-2H3,(H,22,23). The van der Waals surface area contributed by atoms with Gasteiger partial charge in [0.15, 0.2) is 0 Å². The van der Waals surface area contributed by atoms with Crippen LogP contribution < -0.4 is 10.2 Å². The number of hydrogen-bond acceptors (Lipinski definition) is 3. The predicted molar refractivity (Wildman–Crippen MR) is 103 cm³/mol. The van der Waals surface area contributed by atoms with Crippen LogP contribution in [0, 0.1) is 13.8 Å². The van der Waals surface area contributed by atoms with Crippen LogP contribution in [0.25, 0.3) is 0 Å². The maximum Gasteiger partial charge on any atom is 0.218 e. The minimum Gasteiger partial charge on any atom is -0.340 e. The Balaban J connectivity index is 1.84. The molecule has 25 heavy (non-hydrogen) atoms. The van der Waals surface area contributed by atoms with Gasteiger partial charge in [-0.25, -0.2) is 4.98 Å². The summed E-state index contributed by atoms with van der Waals surface area (Å²) in [5.41, 5.74) is 4.55. The van der Waals surface area contributed by atoms with Gasteiger partial charge in [-0.2, -0.15) is 0 Å². The normalized spacial score (nSPS) is 10.4. The van der Waals surface area contributed by atoms with Crippen molar-refractivity contribution in [1.29, 1.82) is 0 Å². The molecule has 0 atom stereocenters. The van der Waals surface area contributed by atoms with Gasteiger partial charge in [-0.1, -0.05) is 29.8 Å². The third-order valence-corrected chi connectivity index (χ3v) is 4.19. The maximum atomic E-state index is 11.6. The number of hydrogen-bond donors (Lipinski definition) is 1. The quantitative estimate of drug-likeness (QED) is 0.627. The number of carbonyl (C=O) groups is 1. The smallest absolute Gasteiger partial charge is 0.218 e. The molecule has 0 fully saturated rings. The number of rotatable bonds is 5. The molecule has 3 rings (SSSR count). The second-order valence-electron chi connectivity index (χ2n) is 5.75. The molecule has 0 radical (unpaired) electrons. The van der Waals surface area contributed by atoms with E-state index >= 15 is 0 Å². The van der Waals surface area contributed by atoms with Gasteiger partial charge in [0.05, 0.1) is 17.6 Å². The van der Waals surface area contributed by atoms with E-state index in [4.69, 9.17) is 11.6 Å². The van der Waals surface area contributed by atoms with Gasteiger partial charge < -0.3 is 5.32 Å². The van der Waals surface area contributed by atoms with Gasteiger partial charge in [0.25, 0.3) is 0 Å². The number of carbonyl (C=O) groups excluding carboxylic acids is 1. The highest BCUT2D eigenvalue weighted by Crippen LogP contribution is 2.28. The largest absolute Gasteiger partial charge is 0.340 e. The van der Waals surface area contributed by atoms with Gasteiger partial charge in [-0.15, -0.1) is 0 Å². The number of aryl methyl sites for hydroxylation is 2. The lowest BCUT2D eigenvalue weighted by Gasteiger charge is -2.19. The summed E-state index contributed by atoms with van der Waals surface area (Å²) in [5.74, 6) is 0.699. The lowest BCUT2D eigenvalue weighted by atomic mass is 10.2. The molecule has 0 unspecified atom stereocenters. The zero-order valence-electron chi connectivity index (χ0n) is 14.0. The molecule has 2 aromatic carbocycles. The SMILES string of the molecule is Cc1cc(Cl)ccc1Nc1ccc(N(C=O)c2ccccc2C)cn1. The molecule has 0 aliphatic carbocycles. The third kappa shape index (κ3) is 3.80. The van der Waals surface area contributed by atoms with Crippen LogP contribution in [-0.4, -0.2) is 11.4 Å². The fourth-order valence-corrected chi connectivity index (χ4v) is 2.82. The van der Waals surface area contributed by atoms with Crippen molar-refractivity contribution in [2.45, 2.75) is 13.8 Å².